The van der Waals surface area contributed by atoms with E-state index in [0.717, 1.165) is 5.56 Å². The van der Waals surface area contributed by atoms with Gasteiger partial charge in [-0.2, -0.15) is 10.5 Å². The maximum Gasteiger partial charge on any atom is 0.186 e. The number of phenols is 1. The van der Waals surface area contributed by atoms with Crippen LogP contribution in [0, 0.1) is 28.1 Å². The minimum absolute atomic E-state index is 0.0999. The molecule has 1 saturated heterocycles. The number of nitriles is 2. The van der Waals surface area contributed by atoms with E-state index in [9.17, 15) is 20.4 Å². The molecule has 2 heterocycles. The molecule has 0 unspecified atom stereocenters. The largest absolute Gasteiger partial charge is 0.508 e. The molecule has 1 fully saturated rings. The number of anilines is 1. The van der Waals surface area contributed by atoms with Crippen LogP contribution in [-0.4, -0.2) is 23.0 Å². The van der Waals surface area contributed by atoms with Crippen molar-refractivity contribution in [2.24, 2.45) is 5.41 Å². The van der Waals surface area contributed by atoms with Gasteiger partial charge in [-0.3, -0.25) is 4.79 Å². The van der Waals surface area contributed by atoms with Crippen molar-refractivity contribution in [3.05, 3.63) is 101 Å². The normalized spacial score (nSPS) is 24.9. The smallest absolute Gasteiger partial charge is 0.186 e. The minimum Gasteiger partial charge on any atom is -0.508 e. The second-order valence-corrected chi connectivity index (χ2v) is 8.67. The van der Waals surface area contributed by atoms with Gasteiger partial charge >= 0.3 is 0 Å². The quantitative estimate of drug-likeness (QED) is 0.544. The van der Waals surface area contributed by atoms with Crippen molar-refractivity contribution in [3.63, 3.8) is 0 Å². The molecule has 0 radical (unpaired) electrons. The lowest BCUT2D eigenvalue weighted by Gasteiger charge is -2.35. The summed E-state index contributed by atoms with van der Waals surface area (Å²) in [5.74, 6) is -0.994. The third kappa shape index (κ3) is 3.02. The van der Waals surface area contributed by atoms with E-state index in [4.69, 9.17) is 11.6 Å². The number of Topliss-reactive ketones (excluding diaryl/α,β-unsaturated/α-hetero) is 1. The van der Waals surface area contributed by atoms with Crippen molar-refractivity contribution >= 4 is 29.1 Å². The number of halogens is 1. The summed E-state index contributed by atoms with van der Waals surface area (Å²) >= 11 is 6.29. The lowest BCUT2D eigenvalue weighted by atomic mass is 9.65. The number of benzene rings is 3. The summed E-state index contributed by atoms with van der Waals surface area (Å²) in [5, 5.41) is 31.5. The third-order valence-electron chi connectivity index (χ3n) is 6.56. The zero-order valence-electron chi connectivity index (χ0n) is 17.4. The molecule has 5 nitrogen and oxygen atoms in total. The Labute approximate surface area is 196 Å². The van der Waals surface area contributed by atoms with Crippen LogP contribution in [0.3, 0.4) is 0 Å². The van der Waals surface area contributed by atoms with Gasteiger partial charge in [-0.1, -0.05) is 66.2 Å². The Bertz CT molecular complexity index is 1370. The number of carbonyl (C=O) groups is 1. The number of phenolic OH excluding ortho intramolecular Hbond substituents is 1. The maximum atomic E-state index is 14.1. The number of fused-ring (bicyclic) bond motifs is 3. The molecule has 2 aliphatic heterocycles. The first-order chi connectivity index (χ1) is 16.0. The fourth-order valence-electron chi connectivity index (χ4n) is 5.21. The molecule has 0 saturated carbocycles. The van der Waals surface area contributed by atoms with E-state index in [0.29, 0.717) is 21.8 Å². The van der Waals surface area contributed by atoms with Crippen LogP contribution in [0.15, 0.2) is 78.9 Å². The SMILES string of the molecule is N#C[C@@H]1[C@@H](c2cccc(Cl)c2)[C@](C#N)(C(=O)c2ccccc2)[C@H]2C=Cc3cc(O)ccc3N12. The second kappa shape index (κ2) is 7.81. The molecule has 0 spiro atoms. The number of hydrogen-bond acceptors (Lipinski definition) is 5. The van der Waals surface area contributed by atoms with Crippen LogP contribution in [0.1, 0.15) is 27.4 Å². The van der Waals surface area contributed by atoms with E-state index in [2.05, 4.69) is 12.1 Å². The molecule has 2 aliphatic rings. The Morgan fingerprint density at radius 3 is 2.52 bits per heavy atom. The van der Waals surface area contributed by atoms with E-state index < -0.39 is 23.4 Å². The summed E-state index contributed by atoms with van der Waals surface area (Å²) in [5.41, 5.74) is 0.907. The average Bonchev–Trinajstić information content (AvgIpc) is 3.14. The topological polar surface area (TPSA) is 88.1 Å². The standard InChI is InChI=1S/C27H18ClN3O2/c28-20-8-4-7-19(13-20)25-23(15-29)31-22-11-10-21(32)14-18(22)9-12-24(31)27(25,16-30)26(33)17-5-2-1-3-6-17/h1-14,23-25,32H/t23-,24-,25-,27-/m1/s1. The Balaban J connectivity index is 1.80. The van der Waals surface area contributed by atoms with Gasteiger partial charge in [0.15, 0.2) is 11.2 Å². The van der Waals surface area contributed by atoms with Crippen molar-refractivity contribution in [2.75, 3.05) is 4.90 Å². The van der Waals surface area contributed by atoms with Crippen molar-refractivity contribution in [2.45, 2.75) is 18.0 Å². The molecule has 0 aromatic heterocycles. The fourth-order valence-corrected chi connectivity index (χ4v) is 5.41. The molecule has 1 N–H and O–H groups in total. The summed E-state index contributed by atoms with van der Waals surface area (Å²) in [6.45, 7) is 0. The first kappa shape index (κ1) is 20.8. The van der Waals surface area contributed by atoms with Crippen molar-refractivity contribution in [3.8, 4) is 17.9 Å². The van der Waals surface area contributed by atoms with Gasteiger partial charge in [0.05, 0.1) is 18.2 Å². The molecule has 4 atom stereocenters. The number of carbonyl (C=O) groups excluding carboxylic acids is 1. The number of nitrogens with zero attached hydrogens (tertiary/aromatic N) is 3. The van der Waals surface area contributed by atoms with Gasteiger partial charge in [-0.25, -0.2) is 0 Å². The van der Waals surface area contributed by atoms with Crippen LogP contribution in [-0.2, 0) is 0 Å². The molecule has 5 rings (SSSR count). The van der Waals surface area contributed by atoms with Gasteiger partial charge in [0.25, 0.3) is 0 Å². The highest BCUT2D eigenvalue weighted by atomic mass is 35.5. The monoisotopic (exact) mass is 451 g/mol. The van der Waals surface area contributed by atoms with Gasteiger partial charge in [0.1, 0.15) is 11.8 Å². The number of hydrogen-bond donors (Lipinski definition) is 1. The molecule has 3 aromatic rings. The van der Waals surface area contributed by atoms with Crippen LogP contribution in [0.4, 0.5) is 5.69 Å². The molecule has 0 aliphatic carbocycles. The van der Waals surface area contributed by atoms with Crippen molar-refractivity contribution in [1.82, 2.24) is 0 Å². The molecule has 0 amide bonds. The molecular weight excluding hydrogens is 434 g/mol. The Kier molecular flexibility index (Phi) is 4.93. The molecule has 6 heteroatoms. The van der Waals surface area contributed by atoms with E-state index in [1.54, 1.807) is 72.8 Å². The molecular formula is C27H18ClN3O2. The van der Waals surface area contributed by atoms with E-state index in [-0.39, 0.29) is 11.5 Å². The summed E-state index contributed by atoms with van der Waals surface area (Å²) < 4.78 is 0. The zero-order chi connectivity index (χ0) is 23.2. The van der Waals surface area contributed by atoms with Gasteiger partial charge < -0.3 is 10.0 Å². The Hall–Kier alpha value is -4.06. The lowest BCUT2D eigenvalue weighted by molar-refractivity contribution is 0.0842. The fraction of sp³-hybridized carbons (Fsp3) is 0.148. The third-order valence-corrected chi connectivity index (χ3v) is 6.79. The number of ketones is 1. The van der Waals surface area contributed by atoms with Crippen molar-refractivity contribution < 1.29 is 9.90 Å². The van der Waals surface area contributed by atoms with E-state index in [1.807, 2.05) is 17.0 Å². The maximum absolute atomic E-state index is 14.1. The van der Waals surface area contributed by atoms with Crippen LogP contribution < -0.4 is 4.90 Å². The van der Waals surface area contributed by atoms with Crippen LogP contribution in [0.2, 0.25) is 5.02 Å². The first-order valence-corrected chi connectivity index (χ1v) is 10.8. The van der Waals surface area contributed by atoms with Crippen LogP contribution in [0.5, 0.6) is 5.75 Å². The summed E-state index contributed by atoms with van der Waals surface area (Å²) in [6.07, 6.45) is 3.59. The summed E-state index contributed by atoms with van der Waals surface area (Å²) in [6, 6.07) is 23.9. The highest BCUT2D eigenvalue weighted by Gasteiger charge is 2.64. The van der Waals surface area contributed by atoms with Gasteiger partial charge in [-0.15, -0.1) is 0 Å². The second-order valence-electron chi connectivity index (χ2n) is 8.24. The Morgan fingerprint density at radius 1 is 1.03 bits per heavy atom. The van der Waals surface area contributed by atoms with Gasteiger partial charge in [0.2, 0.25) is 0 Å². The highest BCUT2D eigenvalue weighted by molar-refractivity contribution is 6.30. The average molecular weight is 452 g/mol. The molecule has 0 bridgehead atoms. The van der Waals surface area contributed by atoms with Crippen LogP contribution >= 0.6 is 11.6 Å². The predicted molar refractivity (Wildman–Crippen MR) is 126 cm³/mol. The summed E-state index contributed by atoms with van der Waals surface area (Å²) in [4.78, 5) is 15.9. The zero-order valence-corrected chi connectivity index (χ0v) is 18.1. The van der Waals surface area contributed by atoms with Crippen molar-refractivity contribution in [1.29, 1.82) is 10.5 Å². The van der Waals surface area contributed by atoms with Crippen LogP contribution in [0.25, 0.3) is 6.08 Å². The van der Waals surface area contributed by atoms with E-state index in [1.165, 1.54) is 0 Å². The minimum atomic E-state index is -1.57. The first-order valence-electron chi connectivity index (χ1n) is 10.5. The number of rotatable bonds is 3. The van der Waals surface area contributed by atoms with E-state index >= 15 is 0 Å². The highest BCUT2D eigenvalue weighted by Crippen LogP contribution is 2.56. The van der Waals surface area contributed by atoms with Gasteiger partial charge in [0, 0.05) is 27.8 Å². The summed E-state index contributed by atoms with van der Waals surface area (Å²) in [7, 11) is 0. The molecule has 3 aromatic carbocycles. The number of aromatic hydroxyl groups is 1. The Morgan fingerprint density at radius 2 is 1.82 bits per heavy atom. The van der Waals surface area contributed by atoms with Gasteiger partial charge in [-0.05, 0) is 35.9 Å². The molecule has 33 heavy (non-hydrogen) atoms. The lowest BCUT2D eigenvalue weighted by Crippen LogP contribution is -2.45. The predicted octanol–water partition coefficient (Wildman–Crippen LogP) is 5.33. The molecule has 160 valence electrons.